The zero-order valence-corrected chi connectivity index (χ0v) is 13.6. The summed E-state index contributed by atoms with van der Waals surface area (Å²) in [5.41, 5.74) is 0. The number of aliphatic carboxylic acids is 1. The Bertz CT molecular complexity index is 455. The monoisotopic (exact) mass is 330 g/mol. The van der Waals surface area contributed by atoms with Gasteiger partial charge >= 0.3 is 12.0 Å². The third-order valence-electron chi connectivity index (χ3n) is 3.43. The van der Waals surface area contributed by atoms with Gasteiger partial charge in [0.05, 0.1) is 6.04 Å². The minimum atomic E-state index is -0.791. The van der Waals surface area contributed by atoms with Crippen LogP contribution in [0.25, 0.3) is 0 Å². The molecule has 1 aliphatic rings. The molecule has 0 aliphatic carbocycles. The Labute approximate surface area is 133 Å². The number of rotatable bonds is 6. The first-order valence-electron chi connectivity index (χ1n) is 7.26. The molecule has 0 unspecified atom stereocenters. The molecule has 0 spiro atoms. The fraction of sp³-hybridized carbons (Fsp3) is 0.714. The number of carbonyl (C=O) groups excluding carboxylic acids is 3. The van der Waals surface area contributed by atoms with E-state index in [0.717, 1.165) is 17.7 Å². The van der Waals surface area contributed by atoms with Crippen molar-refractivity contribution in [3.63, 3.8) is 0 Å². The highest BCUT2D eigenvalue weighted by Gasteiger charge is 2.34. The molecule has 8 heteroatoms. The smallest absolute Gasteiger partial charge is 0.331 e. The first kappa shape index (κ1) is 18.5. The maximum atomic E-state index is 11.9. The van der Waals surface area contributed by atoms with Crippen LogP contribution in [0.5, 0.6) is 0 Å². The van der Waals surface area contributed by atoms with E-state index in [0.29, 0.717) is 23.8 Å². The lowest BCUT2D eigenvalue weighted by molar-refractivity contribution is -0.137. The minimum absolute atomic E-state index is 0.168. The van der Waals surface area contributed by atoms with Gasteiger partial charge in [-0.3, -0.25) is 24.6 Å². The van der Waals surface area contributed by atoms with Gasteiger partial charge in [0.2, 0.25) is 11.8 Å². The Morgan fingerprint density at radius 3 is 2.45 bits per heavy atom. The molecule has 1 fully saturated rings. The number of carboxylic acid groups (broad SMARTS) is 1. The highest BCUT2D eigenvalue weighted by Crippen LogP contribution is 2.33. The minimum Gasteiger partial charge on any atom is -0.481 e. The van der Waals surface area contributed by atoms with E-state index >= 15 is 0 Å². The molecule has 4 amide bonds. The number of carbonyl (C=O) groups is 4. The normalized spacial score (nSPS) is 20.5. The standard InChI is InChI=1S/C14H22N2O5S/c1-9(17)15-14(21)16(10(2)18)11-7-12(22-8-11)5-3-4-6-13(19)20/h11-12H,3-8H2,1-2H3,(H,19,20)(H,15,17,21)/t11-,12+/m1/s1. The predicted octanol–water partition coefficient (Wildman–Crippen LogP) is 1.61. The first-order chi connectivity index (χ1) is 10.3. The second kappa shape index (κ2) is 8.77. The molecule has 0 saturated carbocycles. The van der Waals surface area contributed by atoms with Crippen molar-refractivity contribution in [3.05, 3.63) is 0 Å². The van der Waals surface area contributed by atoms with Crippen molar-refractivity contribution in [1.82, 2.24) is 10.2 Å². The summed E-state index contributed by atoms with van der Waals surface area (Å²) < 4.78 is 0. The van der Waals surface area contributed by atoms with Gasteiger partial charge in [-0.15, -0.1) is 0 Å². The Morgan fingerprint density at radius 1 is 1.23 bits per heavy atom. The zero-order valence-electron chi connectivity index (χ0n) is 12.8. The van der Waals surface area contributed by atoms with Gasteiger partial charge in [-0.2, -0.15) is 11.8 Å². The molecule has 0 aromatic rings. The van der Waals surface area contributed by atoms with Gasteiger partial charge in [-0.05, 0) is 19.3 Å². The lowest BCUT2D eigenvalue weighted by Crippen LogP contribution is -2.50. The predicted molar refractivity (Wildman–Crippen MR) is 82.5 cm³/mol. The van der Waals surface area contributed by atoms with Crippen molar-refractivity contribution in [2.75, 3.05) is 5.75 Å². The van der Waals surface area contributed by atoms with Crippen molar-refractivity contribution < 1.29 is 24.3 Å². The second-order valence-electron chi connectivity index (χ2n) is 5.36. The van der Waals surface area contributed by atoms with E-state index in [-0.39, 0.29) is 18.4 Å². The van der Waals surface area contributed by atoms with Crippen LogP contribution >= 0.6 is 11.8 Å². The number of unbranched alkanes of at least 4 members (excludes halogenated alkanes) is 1. The number of imide groups is 2. The summed E-state index contributed by atoms with van der Waals surface area (Å²) in [6.07, 6.45) is 3.17. The molecule has 2 N–H and O–H groups in total. The Balaban J connectivity index is 2.47. The lowest BCUT2D eigenvalue weighted by Gasteiger charge is -2.25. The van der Waals surface area contributed by atoms with Crippen molar-refractivity contribution in [3.8, 4) is 0 Å². The first-order valence-corrected chi connectivity index (χ1v) is 8.31. The third-order valence-corrected chi connectivity index (χ3v) is 4.91. The lowest BCUT2D eigenvalue weighted by atomic mass is 10.1. The maximum Gasteiger partial charge on any atom is 0.331 e. The largest absolute Gasteiger partial charge is 0.481 e. The molecule has 0 aromatic heterocycles. The summed E-state index contributed by atoms with van der Waals surface area (Å²) in [6.45, 7) is 2.54. The molecule has 22 heavy (non-hydrogen) atoms. The van der Waals surface area contributed by atoms with E-state index in [4.69, 9.17) is 5.11 Å². The summed E-state index contributed by atoms with van der Waals surface area (Å²) in [6, 6.07) is -0.886. The number of hydrogen-bond donors (Lipinski definition) is 2. The van der Waals surface area contributed by atoms with Crippen LogP contribution in [0, 0.1) is 0 Å². The van der Waals surface area contributed by atoms with Crippen LogP contribution in [0.3, 0.4) is 0 Å². The van der Waals surface area contributed by atoms with E-state index in [1.807, 2.05) is 0 Å². The van der Waals surface area contributed by atoms with E-state index < -0.39 is 17.9 Å². The molecule has 1 aliphatic heterocycles. The molecule has 7 nitrogen and oxygen atoms in total. The quantitative estimate of drug-likeness (QED) is 0.717. The summed E-state index contributed by atoms with van der Waals surface area (Å²) in [4.78, 5) is 46.1. The number of nitrogens with one attached hydrogen (secondary N) is 1. The number of urea groups is 1. The molecule has 124 valence electrons. The average Bonchev–Trinajstić information content (AvgIpc) is 2.81. The molecule has 0 radical (unpaired) electrons. The summed E-state index contributed by atoms with van der Waals surface area (Å²) in [5.74, 6) is -1.02. The summed E-state index contributed by atoms with van der Waals surface area (Å²) >= 11 is 1.69. The molecule has 2 atom stereocenters. The summed E-state index contributed by atoms with van der Waals surface area (Å²) in [7, 11) is 0. The van der Waals surface area contributed by atoms with Crippen LogP contribution < -0.4 is 5.32 Å². The van der Waals surface area contributed by atoms with Crippen molar-refractivity contribution in [1.29, 1.82) is 0 Å². The maximum absolute atomic E-state index is 11.9. The fourth-order valence-corrected chi connectivity index (χ4v) is 3.96. The van der Waals surface area contributed by atoms with Crippen LogP contribution in [-0.4, -0.2) is 50.9 Å². The van der Waals surface area contributed by atoms with Crippen LogP contribution in [0.4, 0.5) is 4.79 Å². The van der Waals surface area contributed by atoms with Gasteiger partial charge in [0.25, 0.3) is 0 Å². The number of carboxylic acids is 1. The highest BCUT2D eigenvalue weighted by atomic mass is 32.2. The number of amides is 4. The van der Waals surface area contributed by atoms with Crippen LogP contribution in [-0.2, 0) is 14.4 Å². The van der Waals surface area contributed by atoms with Gasteiger partial charge in [0.1, 0.15) is 0 Å². The zero-order chi connectivity index (χ0) is 16.7. The second-order valence-corrected chi connectivity index (χ2v) is 6.69. The molecule has 1 heterocycles. The SMILES string of the molecule is CC(=O)NC(=O)N(C(C)=O)[C@H]1CS[C@@H](CCCCC(=O)O)C1. The Morgan fingerprint density at radius 2 is 1.91 bits per heavy atom. The van der Waals surface area contributed by atoms with E-state index in [2.05, 4.69) is 5.32 Å². The van der Waals surface area contributed by atoms with E-state index in [1.165, 1.54) is 13.8 Å². The molecular weight excluding hydrogens is 308 g/mol. The van der Waals surface area contributed by atoms with Gasteiger partial charge in [0.15, 0.2) is 0 Å². The van der Waals surface area contributed by atoms with Crippen molar-refractivity contribution >= 4 is 35.6 Å². The Kier molecular flexibility index (Phi) is 7.37. The van der Waals surface area contributed by atoms with Crippen molar-refractivity contribution in [2.24, 2.45) is 0 Å². The molecule has 0 bridgehead atoms. The topological polar surface area (TPSA) is 104 Å². The average molecular weight is 330 g/mol. The van der Waals surface area contributed by atoms with Gasteiger partial charge < -0.3 is 5.11 Å². The van der Waals surface area contributed by atoms with E-state index in [9.17, 15) is 19.2 Å². The van der Waals surface area contributed by atoms with Crippen LogP contribution in [0.15, 0.2) is 0 Å². The van der Waals surface area contributed by atoms with E-state index in [1.54, 1.807) is 11.8 Å². The van der Waals surface area contributed by atoms with Crippen LogP contribution in [0.2, 0.25) is 0 Å². The summed E-state index contributed by atoms with van der Waals surface area (Å²) in [5, 5.41) is 11.0. The molecule has 0 aromatic carbocycles. The van der Waals surface area contributed by atoms with Crippen LogP contribution in [0.1, 0.15) is 46.0 Å². The van der Waals surface area contributed by atoms with Gasteiger partial charge in [0, 0.05) is 31.3 Å². The third kappa shape index (κ3) is 6.05. The Hall–Kier alpha value is -1.57. The molecule has 1 saturated heterocycles. The number of thioether (sulfide) groups is 1. The van der Waals surface area contributed by atoms with Gasteiger partial charge in [-0.25, -0.2) is 4.79 Å². The fourth-order valence-electron chi connectivity index (χ4n) is 2.49. The number of hydrogen-bond acceptors (Lipinski definition) is 5. The number of nitrogens with zero attached hydrogens (tertiary/aromatic N) is 1. The van der Waals surface area contributed by atoms with Gasteiger partial charge in [-0.1, -0.05) is 6.42 Å². The van der Waals surface area contributed by atoms with Crippen molar-refractivity contribution in [2.45, 2.75) is 57.2 Å². The molecule has 1 rings (SSSR count). The highest BCUT2D eigenvalue weighted by molar-refractivity contribution is 8.00. The molecular formula is C14H22N2O5S.